The Labute approximate surface area is 142 Å². The molecule has 0 aromatic rings. The van der Waals surface area contributed by atoms with E-state index in [2.05, 4.69) is 25.7 Å². The van der Waals surface area contributed by atoms with Gasteiger partial charge in [-0.2, -0.15) is 0 Å². The normalized spacial score (nSPS) is 11.2. The van der Waals surface area contributed by atoms with Crippen LogP contribution < -0.4 is 0 Å². The zero-order valence-electron chi connectivity index (χ0n) is 12.0. The minimum Gasteiger partial charge on any atom is -0.119 e. The van der Waals surface area contributed by atoms with Crippen molar-refractivity contribution in [3.05, 3.63) is 11.1 Å². The van der Waals surface area contributed by atoms with Crippen molar-refractivity contribution in [2.75, 3.05) is 11.5 Å². The zero-order chi connectivity index (χ0) is 15.4. The highest BCUT2D eigenvalue weighted by Gasteiger charge is 2.15. The van der Waals surface area contributed by atoms with Crippen LogP contribution in [0.4, 0.5) is 0 Å². The molecule has 0 aliphatic heterocycles. The van der Waals surface area contributed by atoms with Gasteiger partial charge in [-0.25, -0.2) is 0 Å². The Morgan fingerprint density at radius 2 is 1.20 bits per heavy atom. The van der Waals surface area contributed by atoms with Crippen molar-refractivity contribution in [3.8, 4) is 24.7 Å². The summed E-state index contributed by atoms with van der Waals surface area (Å²) in [5, 5.41) is 0. The first-order chi connectivity index (χ1) is 9.62. The lowest BCUT2D eigenvalue weighted by atomic mass is 10.0. The van der Waals surface area contributed by atoms with Crippen molar-refractivity contribution >= 4 is 56.4 Å². The van der Waals surface area contributed by atoms with Gasteiger partial charge in [-0.05, 0) is 24.0 Å². The van der Waals surface area contributed by atoms with Gasteiger partial charge in [0.25, 0.3) is 0 Å². The van der Waals surface area contributed by atoms with Gasteiger partial charge in [0.1, 0.15) is 0 Å². The van der Waals surface area contributed by atoms with Crippen LogP contribution in [-0.2, 0) is 0 Å². The van der Waals surface area contributed by atoms with Gasteiger partial charge in [0.15, 0.2) is 0 Å². The van der Waals surface area contributed by atoms with Crippen molar-refractivity contribution in [1.82, 2.24) is 0 Å². The first kappa shape index (κ1) is 19.7. The van der Waals surface area contributed by atoms with Crippen LogP contribution in [0.2, 0.25) is 0 Å². The van der Waals surface area contributed by atoms with Gasteiger partial charge in [0.05, 0.1) is 19.9 Å². The number of terminal acetylenes is 2. The highest BCUT2D eigenvalue weighted by molar-refractivity contribution is 8.24. The maximum Gasteiger partial charge on any atom is 0.0750 e. The van der Waals surface area contributed by atoms with E-state index in [4.69, 9.17) is 37.3 Å². The zero-order valence-corrected chi connectivity index (χ0v) is 15.3. The Morgan fingerprint density at radius 1 is 0.850 bits per heavy atom. The minimum atomic E-state index is 0.607. The van der Waals surface area contributed by atoms with E-state index in [-0.39, 0.29) is 0 Å². The van der Waals surface area contributed by atoms with Crippen LogP contribution in [0.25, 0.3) is 0 Å². The molecule has 0 rings (SSSR count). The largest absolute Gasteiger partial charge is 0.119 e. The van der Waals surface area contributed by atoms with Gasteiger partial charge < -0.3 is 0 Å². The van der Waals surface area contributed by atoms with E-state index in [1.54, 1.807) is 23.5 Å². The average Bonchev–Trinajstić information content (AvgIpc) is 2.45. The molecule has 0 radical (unpaired) electrons. The van der Waals surface area contributed by atoms with E-state index in [1.807, 2.05) is 0 Å². The van der Waals surface area contributed by atoms with E-state index >= 15 is 0 Å². The average molecular weight is 341 g/mol. The fourth-order valence-electron chi connectivity index (χ4n) is 1.64. The van der Waals surface area contributed by atoms with Crippen molar-refractivity contribution in [3.63, 3.8) is 0 Å². The molecule has 0 nitrogen and oxygen atoms in total. The fourth-order valence-corrected chi connectivity index (χ4v) is 3.67. The summed E-state index contributed by atoms with van der Waals surface area (Å²) in [6.45, 7) is 4.30. The molecule has 0 heterocycles. The Kier molecular flexibility index (Phi) is 12.3. The van der Waals surface area contributed by atoms with Crippen LogP contribution in [0.1, 0.15) is 39.5 Å². The summed E-state index contributed by atoms with van der Waals surface area (Å²) >= 11 is 14.2. The molecular weight excluding hydrogens is 320 g/mol. The van der Waals surface area contributed by atoms with Gasteiger partial charge >= 0.3 is 0 Å². The smallest absolute Gasteiger partial charge is 0.0750 e. The van der Waals surface area contributed by atoms with Crippen LogP contribution in [0, 0.1) is 24.7 Å². The standard InChI is InChI=1S/C16H20S4/c1-5-9-13(15(17)19-11-7-3)14(10-6-2)16(18)20-12-8-4/h3-4H,5-6,9-12H2,1-2H3/b14-13-. The lowest BCUT2D eigenvalue weighted by Gasteiger charge is -2.15. The first-order valence-corrected chi connectivity index (χ1v) is 9.34. The second-order valence-corrected chi connectivity index (χ2v) is 7.32. The van der Waals surface area contributed by atoms with E-state index in [1.165, 1.54) is 11.1 Å². The predicted molar refractivity (Wildman–Crippen MR) is 105 cm³/mol. The molecule has 0 bridgehead atoms. The fraction of sp³-hybridized carbons (Fsp3) is 0.500. The summed E-state index contributed by atoms with van der Waals surface area (Å²) in [4.78, 5) is 0. The van der Waals surface area contributed by atoms with Crippen LogP contribution in [0.15, 0.2) is 11.1 Å². The summed E-state index contributed by atoms with van der Waals surface area (Å²) in [5.41, 5.74) is 2.39. The van der Waals surface area contributed by atoms with Gasteiger partial charge in [-0.15, -0.1) is 36.4 Å². The van der Waals surface area contributed by atoms with E-state index in [0.29, 0.717) is 11.5 Å². The predicted octanol–water partition coefficient (Wildman–Crippen LogP) is 5.27. The highest BCUT2D eigenvalue weighted by Crippen LogP contribution is 2.28. The molecule has 0 atom stereocenters. The molecule has 0 aliphatic rings. The monoisotopic (exact) mass is 340 g/mol. The van der Waals surface area contributed by atoms with E-state index < -0.39 is 0 Å². The van der Waals surface area contributed by atoms with Crippen LogP contribution in [0.5, 0.6) is 0 Å². The van der Waals surface area contributed by atoms with Gasteiger partial charge in [-0.3, -0.25) is 0 Å². The molecule has 0 aliphatic carbocycles. The summed E-state index contributed by atoms with van der Waals surface area (Å²) in [6.07, 6.45) is 14.6. The molecule has 0 saturated heterocycles. The van der Waals surface area contributed by atoms with Gasteiger partial charge in [-0.1, -0.05) is 63.0 Å². The van der Waals surface area contributed by atoms with Gasteiger partial charge in [0, 0.05) is 0 Å². The number of hydrogen-bond donors (Lipinski definition) is 0. The highest BCUT2D eigenvalue weighted by atomic mass is 32.2. The number of rotatable bonds is 8. The third-order valence-corrected chi connectivity index (χ3v) is 5.27. The Morgan fingerprint density at radius 3 is 1.45 bits per heavy atom. The molecule has 0 unspecified atom stereocenters. The molecule has 108 valence electrons. The lowest BCUT2D eigenvalue weighted by molar-refractivity contribution is 0.892. The quantitative estimate of drug-likeness (QED) is 0.335. The molecule has 0 saturated carbocycles. The molecule has 0 fully saturated rings. The number of hydrogen-bond acceptors (Lipinski definition) is 4. The Balaban J connectivity index is 5.31. The number of thioether (sulfide) groups is 2. The lowest BCUT2D eigenvalue weighted by Crippen LogP contribution is -2.07. The molecule has 20 heavy (non-hydrogen) atoms. The molecule has 0 aromatic carbocycles. The van der Waals surface area contributed by atoms with Crippen molar-refractivity contribution in [1.29, 1.82) is 0 Å². The second kappa shape index (κ2) is 12.5. The van der Waals surface area contributed by atoms with Gasteiger partial charge in [0.2, 0.25) is 0 Å². The van der Waals surface area contributed by atoms with Crippen molar-refractivity contribution in [2.45, 2.75) is 39.5 Å². The Bertz CT molecular complexity index is 404. The SMILES string of the molecule is C#CCSC(=S)/C(CCC)=C(/CCC)C(=S)SCC#C. The maximum atomic E-state index is 5.53. The van der Waals surface area contributed by atoms with Crippen molar-refractivity contribution in [2.24, 2.45) is 0 Å². The summed E-state index contributed by atoms with van der Waals surface area (Å²) in [5.74, 6) is 6.45. The molecular formula is C16H20S4. The first-order valence-electron chi connectivity index (χ1n) is 6.55. The Hall–Kier alpha value is -0.260. The van der Waals surface area contributed by atoms with Crippen LogP contribution in [0.3, 0.4) is 0 Å². The molecule has 0 spiro atoms. The third kappa shape index (κ3) is 7.50. The van der Waals surface area contributed by atoms with E-state index in [9.17, 15) is 0 Å². The van der Waals surface area contributed by atoms with Crippen LogP contribution >= 0.6 is 48.0 Å². The maximum absolute atomic E-state index is 5.53. The second-order valence-electron chi connectivity index (χ2n) is 4.02. The third-order valence-electron chi connectivity index (χ3n) is 2.43. The topological polar surface area (TPSA) is 0 Å². The molecule has 0 N–H and O–H groups in total. The molecule has 0 amide bonds. The number of thiocarbonyl (C=S) groups is 2. The summed E-state index contributed by atoms with van der Waals surface area (Å²) in [7, 11) is 0. The van der Waals surface area contributed by atoms with Crippen molar-refractivity contribution < 1.29 is 0 Å². The molecule has 4 heteroatoms. The van der Waals surface area contributed by atoms with Crippen LogP contribution in [-0.4, -0.2) is 19.9 Å². The van der Waals surface area contributed by atoms with E-state index in [0.717, 1.165) is 34.1 Å². The summed E-state index contributed by atoms with van der Waals surface area (Å²) < 4.78 is 1.77. The minimum absolute atomic E-state index is 0.607. The summed E-state index contributed by atoms with van der Waals surface area (Å²) in [6, 6.07) is 0. The molecule has 0 aromatic heterocycles.